The fourth-order valence-corrected chi connectivity index (χ4v) is 0.819. The molecule has 1 N–H and O–H groups in total. The van der Waals surface area contributed by atoms with E-state index in [0.717, 1.165) is 0 Å². The number of thiocarbonyl (C=S) groups is 1. The lowest BCUT2D eigenvalue weighted by Gasteiger charge is -2.14. The average Bonchev–Trinajstić information content (AvgIpc) is 2.08. The smallest absolute Gasteiger partial charge is 0.264 e. The van der Waals surface area contributed by atoms with Crippen LogP contribution in [-0.4, -0.2) is 29.3 Å². The van der Waals surface area contributed by atoms with Gasteiger partial charge in [0.05, 0.1) is 0 Å². The van der Waals surface area contributed by atoms with Crippen molar-refractivity contribution in [3.05, 3.63) is 24.3 Å². The van der Waals surface area contributed by atoms with Crippen LogP contribution in [0.15, 0.2) is 24.3 Å². The van der Waals surface area contributed by atoms with Crippen molar-refractivity contribution in [3.8, 4) is 11.5 Å². The van der Waals surface area contributed by atoms with Crippen molar-refractivity contribution in [1.82, 2.24) is 4.90 Å². The van der Waals surface area contributed by atoms with Crippen LogP contribution in [-0.2, 0) is 0 Å². The molecule has 4 heteroatoms. The maximum atomic E-state index is 9.34. The van der Waals surface area contributed by atoms with Crippen molar-refractivity contribution < 1.29 is 9.84 Å². The largest absolute Gasteiger partial charge is 0.504 e. The summed E-state index contributed by atoms with van der Waals surface area (Å²) in [5.41, 5.74) is 0. The minimum atomic E-state index is 0.0895. The molecule has 1 aromatic carbocycles. The van der Waals surface area contributed by atoms with Crippen LogP contribution in [0.3, 0.4) is 0 Å². The van der Waals surface area contributed by atoms with Gasteiger partial charge in [-0.05, 0) is 24.4 Å². The highest BCUT2D eigenvalue weighted by atomic mass is 32.1. The van der Waals surface area contributed by atoms with Gasteiger partial charge in [0.1, 0.15) is 0 Å². The lowest BCUT2D eigenvalue weighted by Crippen LogP contribution is -2.24. The van der Waals surface area contributed by atoms with Crippen LogP contribution in [0.5, 0.6) is 11.5 Å². The van der Waals surface area contributed by atoms with Crippen LogP contribution in [0, 0.1) is 0 Å². The van der Waals surface area contributed by atoms with Gasteiger partial charge in [-0.25, -0.2) is 0 Å². The van der Waals surface area contributed by atoms with E-state index in [4.69, 9.17) is 17.0 Å². The highest BCUT2D eigenvalue weighted by Gasteiger charge is 2.05. The van der Waals surface area contributed by atoms with Crippen molar-refractivity contribution in [2.24, 2.45) is 0 Å². The average molecular weight is 197 g/mol. The third-order valence-electron chi connectivity index (χ3n) is 1.43. The van der Waals surface area contributed by atoms with Crippen molar-refractivity contribution in [3.63, 3.8) is 0 Å². The van der Waals surface area contributed by atoms with Crippen LogP contribution in [0.1, 0.15) is 0 Å². The number of ether oxygens (including phenoxy) is 1. The maximum absolute atomic E-state index is 9.34. The summed E-state index contributed by atoms with van der Waals surface area (Å²) in [5.74, 6) is 0.466. The fraction of sp³-hybridized carbons (Fsp3) is 0.222. The molecule has 1 rings (SSSR count). The van der Waals surface area contributed by atoms with Crippen LogP contribution in [0.4, 0.5) is 0 Å². The summed E-state index contributed by atoms with van der Waals surface area (Å²) in [6.45, 7) is 0. The van der Waals surface area contributed by atoms with Crippen molar-refractivity contribution in [2.45, 2.75) is 0 Å². The molecule has 0 radical (unpaired) electrons. The fourth-order valence-electron chi connectivity index (χ4n) is 0.729. The number of benzene rings is 1. The lowest BCUT2D eigenvalue weighted by atomic mass is 10.3. The van der Waals surface area contributed by atoms with Crippen LogP contribution < -0.4 is 4.74 Å². The molecule has 1 aromatic rings. The molecule has 0 aliphatic carbocycles. The Hall–Kier alpha value is -1.29. The summed E-state index contributed by atoms with van der Waals surface area (Å²) in [6.07, 6.45) is 0. The number of para-hydroxylation sites is 2. The summed E-state index contributed by atoms with van der Waals surface area (Å²) >= 11 is 4.91. The van der Waals surface area contributed by atoms with Gasteiger partial charge >= 0.3 is 0 Å². The Morgan fingerprint density at radius 2 is 2.00 bits per heavy atom. The molecular formula is C9H11NO2S. The second-order valence-electron chi connectivity index (χ2n) is 2.73. The Kier molecular flexibility index (Phi) is 3.08. The van der Waals surface area contributed by atoms with Crippen LogP contribution in [0.25, 0.3) is 0 Å². The van der Waals surface area contributed by atoms with E-state index < -0.39 is 0 Å². The van der Waals surface area contributed by atoms with E-state index in [-0.39, 0.29) is 5.75 Å². The van der Waals surface area contributed by atoms with E-state index in [9.17, 15) is 5.11 Å². The number of hydrogen-bond donors (Lipinski definition) is 1. The number of phenolic OH excluding ortho intramolecular Hbond substituents is 1. The minimum absolute atomic E-state index is 0.0895. The van der Waals surface area contributed by atoms with E-state index in [1.807, 2.05) is 0 Å². The topological polar surface area (TPSA) is 32.7 Å². The van der Waals surface area contributed by atoms with Gasteiger partial charge in [-0.1, -0.05) is 12.1 Å². The van der Waals surface area contributed by atoms with Gasteiger partial charge in [0.25, 0.3) is 5.17 Å². The van der Waals surface area contributed by atoms with E-state index in [2.05, 4.69) is 0 Å². The van der Waals surface area contributed by atoms with Gasteiger partial charge in [0.2, 0.25) is 0 Å². The molecule has 0 aromatic heterocycles. The first-order chi connectivity index (χ1) is 6.11. The predicted molar refractivity (Wildman–Crippen MR) is 55.0 cm³/mol. The van der Waals surface area contributed by atoms with Crippen molar-refractivity contribution in [2.75, 3.05) is 14.1 Å². The van der Waals surface area contributed by atoms with E-state index >= 15 is 0 Å². The Labute approximate surface area is 82.6 Å². The normalized spacial score (nSPS) is 9.38. The summed E-state index contributed by atoms with van der Waals surface area (Å²) in [4.78, 5) is 1.65. The molecule has 70 valence electrons. The third kappa shape index (κ3) is 2.59. The molecule has 0 bridgehead atoms. The monoisotopic (exact) mass is 197 g/mol. The molecule has 0 aliphatic heterocycles. The number of nitrogens with zero attached hydrogens (tertiary/aromatic N) is 1. The Morgan fingerprint density at radius 1 is 1.38 bits per heavy atom. The molecule has 0 heterocycles. The summed E-state index contributed by atoms with van der Waals surface area (Å²) in [6, 6.07) is 6.70. The quantitative estimate of drug-likeness (QED) is 0.693. The van der Waals surface area contributed by atoms with Crippen molar-refractivity contribution in [1.29, 1.82) is 0 Å². The summed E-state index contributed by atoms with van der Waals surface area (Å²) in [5, 5.41) is 9.66. The molecule has 0 amide bonds. The van der Waals surface area contributed by atoms with Gasteiger partial charge in [-0.15, -0.1) is 0 Å². The molecule has 0 fully saturated rings. The first-order valence-corrected chi connectivity index (χ1v) is 4.19. The first-order valence-electron chi connectivity index (χ1n) is 3.78. The molecule has 0 saturated carbocycles. The summed E-state index contributed by atoms with van der Waals surface area (Å²) < 4.78 is 5.21. The van der Waals surface area contributed by atoms with Gasteiger partial charge in [-0.2, -0.15) is 0 Å². The predicted octanol–water partition coefficient (Wildman–Crippen LogP) is 1.62. The Bertz CT molecular complexity index is 312. The van der Waals surface area contributed by atoms with Crippen LogP contribution >= 0.6 is 12.2 Å². The molecule has 0 aliphatic rings. The molecule has 0 unspecified atom stereocenters. The third-order valence-corrected chi connectivity index (χ3v) is 1.88. The Morgan fingerprint density at radius 3 is 2.54 bits per heavy atom. The molecule has 0 atom stereocenters. The number of hydrogen-bond acceptors (Lipinski definition) is 3. The first kappa shape index (κ1) is 9.80. The molecule has 0 spiro atoms. The minimum Gasteiger partial charge on any atom is -0.504 e. The standard InChI is InChI=1S/C9H11NO2S/c1-10(2)9(13)12-8-6-4-3-5-7(8)11/h3-6,11H,1-2H3. The van der Waals surface area contributed by atoms with Crippen LogP contribution in [0.2, 0.25) is 0 Å². The highest BCUT2D eigenvalue weighted by Crippen LogP contribution is 2.24. The van der Waals surface area contributed by atoms with Gasteiger partial charge in [0, 0.05) is 14.1 Å². The van der Waals surface area contributed by atoms with Gasteiger partial charge in [-0.3, -0.25) is 0 Å². The number of aromatic hydroxyl groups is 1. The summed E-state index contributed by atoms with van der Waals surface area (Å²) in [7, 11) is 3.56. The molecule has 3 nitrogen and oxygen atoms in total. The van der Waals surface area contributed by atoms with E-state index in [1.54, 1.807) is 43.3 Å². The lowest BCUT2D eigenvalue weighted by molar-refractivity contribution is 0.405. The SMILES string of the molecule is CN(C)C(=S)Oc1ccccc1O. The van der Waals surface area contributed by atoms with Gasteiger partial charge < -0.3 is 14.7 Å². The maximum Gasteiger partial charge on any atom is 0.264 e. The highest BCUT2D eigenvalue weighted by molar-refractivity contribution is 7.80. The van der Waals surface area contributed by atoms with Crippen molar-refractivity contribution >= 4 is 17.4 Å². The molecule has 0 saturated heterocycles. The van der Waals surface area contributed by atoms with Gasteiger partial charge in [0.15, 0.2) is 11.5 Å². The second kappa shape index (κ2) is 4.09. The molecule has 13 heavy (non-hydrogen) atoms. The second-order valence-corrected chi connectivity index (χ2v) is 3.08. The van der Waals surface area contributed by atoms with E-state index in [0.29, 0.717) is 10.9 Å². The molecular weight excluding hydrogens is 186 g/mol. The number of rotatable bonds is 1. The number of phenols is 1. The Balaban J connectivity index is 2.75. The zero-order chi connectivity index (χ0) is 9.84. The van der Waals surface area contributed by atoms with E-state index in [1.165, 1.54) is 0 Å². The zero-order valence-electron chi connectivity index (χ0n) is 7.52. The zero-order valence-corrected chi connectivity index (χ0v) is 8.34.